The van der Waals surface area contributed by atoms with Crippen LogP contribution in [0.3, 0.4) is 0 Å². The molecule has 1 amide bonds. The molecule has 0 spiro atoms. The maximum Gasteiger partial charge on any atom is 0.270 e. The summed E-state index contributed by atoms with van der Waals surface area (Å²) in [5, 5.41) is 6.19. The highest BCUT2D eigenvalue weighted by molar-refractivity contribution is 5.93. The van der Waals surface area contributed by atoms with Crippen LogP contribution in [0.25, 0.3) is 11.4 Å². The van der Waals surface area contributed by atoms with Crippen LogP contribution in [0.2, 0.25) is 0 Å². The van der Waals surface area contributed by atoms with E-state index in [4.69, 9.17) is 0 Å². The monoisotopic (exact) mass is 375 g/mol. The first-order valence-corrected chi connectivity index (χ1v) is 9.48. The SMILES string of the molecule is CC(C)CCNc1cc(C(=O)NCc2ccccn2)nc(-c2ccccc2)n1. The summed E-state index contributed by atoms with van der Waals surface area (Å²) in [6, 6.07) is 17.0. The lowest BCUT2D eigenvalue weighted by atomic mass is 10.1. The second kappa shape index (κ2) is 9.60. The van der Waals surface area contributed by atoms with E-state index in [0.29, 0.717) is 29.8 Å². The fraction of sp³-hybridized carbons (Fsp3) is 0.273. The maximum atomic E-state index is 12.7. The van der Waals surface area contributed by atoms with Crippen molar-refractivity contribution in [3.63, 3.8) is 0 Å². The van der Waals surface area contributed by atoms with Gasteiger partial charge in [-0.3, -0.25) is 9.78 Å². The van der Waals surface area contributed by atoms with Gasteiger partial charge in [0.25, 0.3) is 5.91 Å². The van der Waals surface area contributed by atoms with E-state index in [0.717, 1.165) is 24.2 Å². The molecule has 0 unspecified atom stereocenters. The van der Waals surface area contributed by atoms with E-state index in [9.17, 15) is 4.79 Å². The Balaban J connectivity index is 1.80. The highest BCUT2D eigenvalue weighted by Crippen LogP contribution is 2.18. The molecule has 3 rings (SSSR count). The third kappa shape index (κ3) is 5.61. The van der Waals surface area contributed by atoms with Crippen molar-refractivity contribution in [2.75, 3.05) is 11.9 Å². The van der Waals surface area contributed by atoms with Crippen LogP contribution >= 0.6 is 0 Å². The molecule has 28 heavy (non-hydrogen) atoms. The fourth-order valence-electron chi connectivity index (χ4n) is 2.62. The zero-order chi connectivity index (χ0) is 19.8. The highest BCUT2D eigenvalue weighted by atomic mass is 16.1. The average Bonchev–Trinajstić information content (AvgIpc) is 2.73. The van der Waals surface area contributed by atoms with Crippen LogP contribution < -0.4 is 10.6 Å². The summed E-state index contributed by atoms with van der Waals surface area (Å²) in [5.74, 6) is 1.51. The largest absolute Gasteiger partial charge is 0.370 e. The first-order chi connectivity index (χ1) is 13.6. The molecule has 1 aromatic carbocycles. The van der Waals surface area contributed by atoms with Crippen molar-refractivity contribution in [2.45, 2.75) is 26.8 Å². The molecule has 2 aromatic heterocycles. The van der Waals surface area contributed by atoms with Crippen LogP contribution in [0.4, 0.5) is 5.82 Å². The Labute approximate surface area is 165 Å². The van der Waals surface area contributed by atoms with Crippen molar-refractivity contribution in [1.82, 2.24) is 20.3 Å². The van der Waals surface area contributed by atoms with E-state index in [1.165, 1.54) is 0 Å². The number of amides is 1. The van der Waals surface area contributed by atoms with Gasteiger partial charge in [-0.25, -0.2) is 9.97 Å². The molecule has 0 radical (unpaired) electrons. The first kappa shape index (κ1) is 19.5. The summed E-state index contributed by atoms with van der Waals surface area (Å²) < 4.78 is 0. The van der Waals surface area contributed by atoms with Gasteiger partial charge in [0.05, 0.1) is 12.2 Å². The van der Waals surface area contributed by atoms with Gasteiger partial charge in [0.2, 0.25) is 0 Å². The zero-order valence-corrected chi connectivity index (χ0v) is 16.2. The van der Waals surface area contributed by atoms with Gasteiger partial charge in [0, 0.05) is 24.4 Å². The summed E-state index contributed by atoms with van der Waals surface area (Å²) in [5.41, 5.74) is 1.99. The van der Waals surface area contributed by atoms with Gasteiger partial charge in [0.1, 0.15) is 11.5 Å². The molecule has 3 aromatic rings. The molecule has 0 bridgehead atoms. The van der Waals surface area contributed by atoms with Crippen LogP contribution in [0, 0.1) is 5.92 Å². The van der Waals surface area contributed by atoms with Gasteiger partial charge < -0.3 is 10.6 Å². The molecule has 6 nitrogen and oxygen atoms in total. The number of nitrogens with zero attached hydrogens (tertiary/aromatic N) is 3. The van der Waals surface area contributed by atoms with E-state index in [1.54, 1.807) is 12.3 Å². The first-order valence-electron chi connectivity index (χ1n) is 9.48. The van der Waals surface area contributed by atoms with Gasteiger partial charge in [0.15, 0.2) is 5.82 Å². The Morgan fingerprint density at radius 2 is 1.82 bits per heavy atom. The molecular weight excluding hydrogens is 350 g/mol. The molecule has 0 atom stereocenters. The summed E-state index contributed by atoms with van der Waals surface area (Å²) >= 11 is 0. The van der Waals surface area contributed by atoms with Crippen LogP contribution in [0.5, 0.6) is 0 Å². The molecule has 0 aliphatic heterocycles. The molecule has 2 heterocycles. The molecule has 0 aliphatic rings. The third-order valence-corrected chi connectivity index (χ3v) is 4.17. The van der Waals surface area contributed by atoms with E-state index >= 15 is 0 Å². The zero-order valence-electron chi connectivity index (χ0n) is 16.2. The second-order valence-corrected chi connectivity index (χ2v) is 6.94. The van der Waals surface area contributed by atoms with Crippen molar-refractivity contribution in [3.05, 3.63) is 72.2 Å². The quantitative estimate of drug-likeness (QED) is 0.624. The van der Waals surface area contributed by atoms with Crippen molar-refractivity contribution in [2.24, 2.45) is 5.92 Å². The number of anilines is 1. The van der Waals surface area contributed by atoms with Crippen molar-refractivity contribution in [3.8, 4) is 11.4 Å². The number of benzene rings is 1. The predicted molar refractivity (Wildman–Crippen MR) is 111 cm³/mol. The molecule has 0 saturated carbocycles. The Hall–Kier alpha value is -3.28. The van der Waals surface area contributed by atoms with E-state index < -0.39 is 0 Å². The molecule has 6 heteroatoms. The fourth-order valence-corrected chi connectivity index (χ4v) is 2.62. The van der Waals surface area contributed by atoms with Gasteiger partial charge in [-0.15, -0.1) is 0 Å². The molecule has 2 N–H and O–H groups in total. The van der Waals surface area contributed by atoms with Crippen molar-refractivity contribution in [1.29, 1.82) is 0 Å². The lowest BCUT2D eigenvalue weighted by Crippen LogP contribution is -2.25. The Morgan fingerprint density at radius 1 is 1.04 bits per heavy atom. The van der Waals surface area contributed by atoms with E-state index in [2.05, 4.69) is 39.4 Å². The Kier molecular flexibility index (Phi) is 6.68. The minimum Gasteiger partial charge on any atom is -0.370 e. The summed E-state index contributed by atoms with van der Waals surface area (Å²) in [4.78, 5) is 26.0. The smallest absolute Gasteiger partial charge is 0.270 e. The summed E-state index contributed by atoms with van der Waals surface area (Å²) in [6.45, 7) is 5.49. The number of hydrogen-bond donors (Lipinski definition) is 2. The van der Waals surface area contributed by atoms with Crippen LogP contribution in [-0.4, -0.2) is 27.4 Å². The van der Waals surface area contributed by atoms with Crippen LogP contribution in [0.1, 0.15) is 36.5 Å². The number of carbonyl (C=O) groups excluding carboxylic acids is 1. The topological polar surface area (TPSA) is 79.8 Å². The minimum atomic E-state index is -0.253. The van der Waals surface area contributed by atoms with Gasteiger partial charge in [-0.1, -0.05) is 50.2 Å². The molecule has 0 aliphatic carbocycles. The van der Waals surface area contributed by atoms with Gasteiger partial charge >= 0.3 is 0 Å². The van der Waals surface area contributed by atoms with E-state index in [-0.39, 0.29) is 5.91 Å². The summed E-state index contributed by atoms with van der Waals surface area (Å²) in [7, 11) is 0. The number of nitrogens with one attached hydrogen (secondary N) is 2. The number of aromatic nitrogens is 3. The summed E-state index contributed by atoms with van der Waals surface area (Å²) in [6.07, 6.45) is 2.72. The minimum absolute atomic E-state index is 0.253. The standard InChI is InChI=1S/C22H25N5O/c1-16(2)11-13-24-20-14-19(22(28)25-15-18-10-6-7-12-23-18)26-21(27-20)17-8-4-3-5-9-17/h3-10,12,14,16H,11,13,15H2,1-2H3,(H,25,28)(H,24,26,27). The number of pyridine rings is 1. The normalized spacial score (nSPS) is 10.7. The van der Waals surface area contributed by atoms with Crippen molar-refractivity contribution >= 4 is 11.7 Å². The van der Waals surface area contributed by atoms with Gasteiger partial charge in [-0.2, -0.15) is 0 Å². The lowest BCUT2D eigenvalue weighted by Gasteiger charge is -2.11. The second-order valence-electron chi connectivity index (χ2n) is 6.94. The van der Waals surface area contributed by atoms with Crippen LogP contribution in [0.15, 0.2) is 60.8 Å². The average molecular weight is 375 g/mol. The molecule has 144 valence electrons. The number of rotatable bonds is 8. The number of carbonyl (C=O) groups is 1. The molecular formula is C22H25N5O. The Morgan fingerprint density at radius 3 is 2.54 bits per heavy atom. The predicted octanol–water partition coefficient (Wildman–Crippen LogP) is 3.93. The third-order valence-electron chi connectivity index (χ3n) is 4.17. The highest BCUT2D eigenvalue weighted by Gasteiger charge is 2.13. The van der Waals surface area contributed by atoms with Crippen LogP contribution in [-0.2, 0) is 6.54 Å². The molecule has 0 saturated heterocycles. The number of hydrogen-bond acceptors (Lipinski definition) is 5. The van der Waals surface area contributed by atoms with Gasteiger partial charge in [-0.05, 0) is 24.5 Å². The van der Waals surface area contributed by atoms with Crippen molar-refractivity contribution < 1.29 is 4.79 Å². The maximum absolute atomic E-state index is 12.7. The molecule has 0 fully saturated rings. The van der Waals surface area contributed by atoms with E-state index in [1.807, 2.05) is 48.5 Å². The lowest BCUT2D eigenvalue weighted by molar-refractivity contribution is 0.0945. The Bertz CT molecular complexity index is 897.